The van der Waals surface area contributed by atoms with Crippen LogP contribution in [0, 0.1) is 5.82 Å². The molecule has 2 heterocycles. The summed E-state index contributed by atoms with van der Waals surface area (Å²) >= 11 is 0. The first kappa shape index (κ1) is 18.4. The number of aryl methyl sites for hydroxylation is 1. The van der Waals surface area contributed by atoms with Crippen LogP contribution in [0.4, 0.5) is 21.6 Å². The van der Waals surface area contributed by atoms with Crippen LogP contribution in [0.5, 0.6) is 0 Å². The van der Waals surface area contributed by atoms with Gasteiger partial charge in [-0.3, -0.25) is 0 Å². The Morgan fingerprint density at radius 2 is 1.63 bits per heavy atom. The average molecular weight is 404 g/mol. The van der Waals surface area contributed by atoms with Crippen LogP contribution in [-0.4, -0.2) is 26.0 Å². The molecule has 0 saturated heterocycles. The maximum Gasteiger partial charge on any atom is 0.202 e. The Kier molecular flexibility index (Phi) is 4.48. The molecule has 0 fully saturated rings. The van der Waals surface area contributed by atoms with E-state index in [4.69, 9.17) is 5.73 Å². The molecule has 0 bridgehead atoms. The number of anilines is 3. The average Bonchev–Trinajstić information content (AvgIpc) is 3.32. The molecule has 0 radical (unpaired) electrons. The van der Waals surface area contributed by atoms with Gasteiger partial charge in [-0.1, -0.05) is 0 Å². The number of aromatic nitrogens is 3. The maximum absolute atomic E-state index is 13.0. The quantitative estimate of drug-likeness (QED) is 0.380. The SMILES string of the molecule is Nc1ncnc2c3c(n(-c4ccc(NC(O)Nc5ccc(F)cc5)cc4)c12)CCC3. The zero-order valence-electron chi connectivity index (χ0n) is 16.1. The van der Waals surface area contributed by atoms with Crippen LogP contribution in [0.1, 0.15) is 17.7 Å². The summed E-state index contributed by atoms with van der Waals surface area (Å²) in [6.45, 7) is 0. The van der Waals surface area contributed by atoms with Crippen molar-refractivity contribution >= 4 is 28.2 Å². The summed E-state index contributed by atoms with van der Waals surface area (Å²) in [5, 5.41) is 16.1. The molecule has 8 heteroatoms. The minimum absolute atomic E-state index is 0.325. The molecule has 7 nitrogen and oxygen atoms in total. The van der Waals surface area contributed by atoms with Gasteiger partial charge in [-0.15, -0.1) is 0 Å². The van der Waals surface area contributed by atoms with Crippen LogP contribution < -0.4 is 16.4 Å². The third-order valence-corrected chi connectivity index (χ3v) is 5.40. The number of hydrogen-bond donors (Lipinski definition) is 4. The summed E-state index contributed by atoms with van der Waals surface area (Å²) in [4.78, 5) is 8.65. The van der Waals surface area contributed by atoms with E-state index >= 15 is 0 Å². The zero-order valence-corrected chi connectivity index (χ0v) is 16.1. The molecule has 5 N–H and O–H groups in total. The fraction of sp³-hybridized carbons (Fsp3) is 0.182. The molecule has 1 unspecified atom stereocenters. The first-order chi connectivity index (χ1) is 14.6. The van der Waals surface area contributed by atoms with Gasteiger partial charge in [-0.2, -0.15) is 0 Å². The van der Waals surface area contributed by atoms with Gasteiger partial charge in [-0.25, -0.2) is 14.4 Å². The molecular formula is C22H21FN6O. The smallest absolute Gasteiger partial charge is 0.202 e. The number of nitrogens with one attached hydrogen (secondary N) is 2. The van der Waals surface area contributed by atoms with Gasteiger partial charge >= 0.3 is 0 Å². The van der Waals surface area contributed by atoms with Crippen molar-refractivity contribution < 1.29 is 9.50 Å². The van der Waals surface area contributed by atoms with Gasteiger partial charge in [0, 0.05) is 22.8 Å². The van der Waals surface area contributed by atoms with Crippen molar-refractivity contribution in [3.8, 4) is 5.69 Å². The van der Waals surface area contributed by atoms with Gasteiger partial charge in [0.1, 0.15) is 17.7 Å². The van der Waals surface area contributed by atoms with Gasteiger partial charge in [0.05, 0.1) is 5.52 Å². The van der Waals surface area contributed by atoms with Crippen molar-refractivity contribution in [2.24, 2.45) is 0 Å². The number of halogens is 1. The normalized spacial score (nSPS) is 13.9. The molecule has 5 rings (SSSR count). The molecule has 1 aliphatic carbocycles. The number of fused-ring (bicyclic) bond motifs is 3. The second kappa shape index (κ2) is 7.31. The number of nitrogens with zero attached hydrogens (tertiary/aromatic N) is 3. The van der Waals surface area contributed by atoms with Gasteiger partial charge in [-0.05, 0) is 73.4 Å². The summed E-state index contributed by atoms with van der Waals surface area (Å²) in [6, 6.07) is 13.5. The lowest BCUT2D eigenvalue weighted by atomic mass is 10.2. The third-order valence-electron chi connectivity index (χ3n) is 5.40. The van der Waals surface area contributed by atoms with Crippen LogP contribution in [-0.2, 0) is 12.8 Å². The van der Waals surface area contributed by atoms with E-state index in [0.717, 1.165) is 41.7 Å². The summed E-state index contributed by atoms with van der Waals surface area (Å²) in [7, 11) is 0. The number of hydrogen-bond acceptors (Lipinski definition) is 6. The Morgan fingerprint density at radius 3 is 2.33 bits per heavy atom. The van der Waals surface area contributed by atoms with E-state index < -0.39 is 6.35 Å². The topological polar surface area (TPSA) is 101 Å². The largest absolute Gasteiger partial charge is 0.382 e. The molecule has 4 aromatic rings. The summed E-state index contributed by atoms with van der Waals surface area (Å²) in [5.74, 6) is 0.143. The first-order valence-corrected chi connectivity index (χ1v) is 9.80. The van der Waals surface area contributed by atoms with Crippen molar-refractivity contribution in [3.05, 3.63) is 71.9 Å². The zero-order chi connectivity index (χ0) is 20.7. The molecule has 0 saturated carbocycles. The predicted octanol–water partition coefficient (Wildman–Crippen LogP) is 3.43. The number of nitrogens with two attached hydrogens (primary N) is 1. The minimum Gasteiger partial charge on any atom is -0.382 e. The summed E-state index contributed by atoms with van der Waals surface area (Å²) in [6.07, 6.45) is 3.57. The monoisotopic (exact) mass is 404 g/mol. The van der Waals surface area contributed by atoms with E-state index in [1.807, 2.05) is 24.3 Å². The Balaban J connectivity index is 1.40. The third kappa shape index (κ3) is 3.21. The van der Waals surface area contributed by atoms with Crippen molar-refractivity contribution in [2.45, 2.75) is 25.6 Å². The van der Waals surface area contributed by atoms with Crippen LogP contribution in [0.25, 0.3) is 16.7 Å². The molecule has 0 amide bonds. The summed E-state index contributed by atoms with van der Waals surface area (Å²) < 4.78 is 15.1. The summed E-state index contributed by atoms with van der Waals surface area (Å²) in [5.41, 5.74) is 12.8. The second-order valence-electron chi connectivity index (χ2n) is 7.32. The first-order valence-electron chi connectivity index (χ1n) is 9.80. The lowest BCUT2D eigenvalue weighted by molar-refractivity contribution is 0.233. The van der Waals surface area contributed by atoms with Crippen LogP contribution >= 0.6 is 0 Å². The van der Waals surface area contributed by atoms with Gasteiger partial charge in [0.2, 0.25) is 6.35 Å². The maximum atomic E-state index is 13.0. The standard InChI is InChI=1S/C22H21FN6O/c23-13-4-6-14(7-5-13)27-22(30)28-15-8-10-16(11-9-15)29-18-3-1-2-17(18)19-20(29)21(24)26-12-25-19/h4-12,22,27-28,30H,1-3H2,(H2,24,25,26). The highest BCUT2D eigenvalue weighted by Crippen LogP contribution is 2.36. The molecule has 0 spiro atoms. The Hall–Kier alpha value is -3.65. The molecule has 152 valence electrons. The number of aliphatic hydroxyl groups is 1. The highest BCUT2D eigenvalue weighted by atomic mass is 19.1. The molecule has 30 heavy (non-hydrogen) atoms. The van der Waals surface area contributed by atoms with E-state index in [-0.39, 0.29) is 5.82 Å². The fourth-order valence-electron chi connectivity index (χ4n) is 4.09. The van der Waals surface area contributed by atoms with Crippen LogP contribution in [0.15, 0.2) is 54.9 Å². The number of aliphatic hydroxyl groups excluding tert-OH is 1. The second-order valence-corrected chi connectivity index (χ2v) is 7.32. The van der Waals surface area contributed by atoms with Crippen LogP contribution in [0.3, 0.4) is 0 Å². The van der Waals surface area contributed by atoms with E-state index in [2.05, 4.69) is 25.2 Å². The van der Waals surface area contributed by atoms with Gasteiger partial charge < -0.3 is 26.0 Å². The molecular weight excluding hydrogens is 383 g/mol. The highest BCUT2D eigenvalue weighted by molar-refractivity contribution is 5.91. The predicted molar refractivity (Wildman–Crippen MR) is 115 cm³/mol. The van der Waals surface area contributed by atoms with Crippen molar-refractivity contribution in [3.63, 3.8) is 0 Å². The Labute approximate surface area is 172 Å². The highest BCUT2D eigenvalue weighted by Gasteiger charge is 2.25. The van der Waals surface area contributed by atoms with E-state index in [9.17, 15) is 9.50 Å². The molecule has 0 aliphatic heterocycles. The molecule has 2 aromatic heterocycles. The van der Waals surface area contributed by atoms with Gasteiger partial charge in [0.15, 0.2) is 5.82 Å². The molecule has 1 atom stereocenters. The van der Waals surface area contributed by atoms with Gasteiger partial charge in [0.25, 0.3) is 0 Å². The Morgan fingerprint density at radius 1 is 0.967 bits per heavy atom. The Bertz CT molecular complexity index is 1200. The number of nitrogen functional groups attached to an aromatic ring is 1. The number of benzene rings is 2. The van der Waals surface area contributed by atoms with Crippen molar-refractivity contribution in [1.82, 2.24) is 14.5 Å². The van der Waals surface area contributed by atoms with E-state index in [1.165, 1.54) is 29.7 Å². The lowest BCUT2D eigenvalue weighted by Crippen LogP contribution is -2.27. The van der Waals surface area contributed by atoms with Crippen molar-refractivity contribution in [1.29, 1.82) is 0 Å². The van der Waals surface area contributed by atoms with Crippen molar-refractivity contribution in [2.75, 3.05) is 16.4 Å². The van der Waals surface area contributed by atoms with E-state index in [1.54, 1.807) is 12.1 Å². The fourth-order valence-corrected chi connectivity index (χ4v) is 4.09. The minimum atomic E-state index is -1.03. The lowest BCUT2D eigenvalue weighted by Gasteiger charge is -2.17. The molecule has 2 aromatic carbocycles. The van der Waals surface area contributed by atoms with E-state index in [0.29, 0.717) is 11.5 Å². The number of rotatable bonds is 5. The molecule has 1 aliphatic rings. The van der Waals surface area contributed by atoms with Crippen LogP contribution in [0.2, 0.25) is 0 Å².